The minimum Gasteiger partial charge on any atom is -0.449 e. The van der Waals surface area contributed by atoms with Crippen molar-refractivity contribution < 1.29 is 37.8 Å². The Labute approximate surface area is 285 Å². The summed E-state index contributed by atoms with van der Waals surface area (Å²) in [4.78, 5) is 65.5. The van der Waals surface area contributed by atoms with Crippen LogP contribution in [0.4, 0.5) is 10.6 Å². The lowest BCUT2D eigenvalue weighted by molar-refractivity contribution is -0.134. The van der Waals surface area contributed by atoms with E-state index in [-0.39, 0.29) is 43.7 Å². The van der Waals surface area contributed by atoms with Crippen molar-refractivity contribution in [2.75, 3.05) is 64.0 Å². The Morgan fingerprint density at radius 2 is 1.65 bits per heavy atom. The standard InChI is InChI=1S/C34H43N6O8P/c1-3-4-21-47-34(43)39-19-17-38(18-20-39)33(42)29(24-49(44,45)48-26-13-9-6-10-14-26)36-32(41)28-22-30(40-16-15-27(23-40)46-2)37-31(35-28)25-11-7-5-8-12-25/h5-14,22,27,29H,3-4,15-21,23-24H2,1-2H3,(H,36,41)(H,44,45). The van der Waals surface area contributed by atoms with Gasteiger partial charge >= 0.3 is 13.7 Å². The normalized spacial score (nSPS) is 18.0. The number of anilines is 1. The van der Waals surface area contributed by atoms with Crippen LogP contribution < -0.4 is 14.7 Å². The molecule has 0 aliphatic carbocycles. The number of nitrogens with zero attached hydrogens (tertiary/aromatic N) is 5. The highest BCUT2D eigenvalue weighted by Crippen LogP contribution is 2.43. The first kappa shape index (κ1) is 35.8. The van der Waals surface area contributed by atoms with Crippen LogP contribution in [0.25, 0.3) is 11.4 Å². The van der Waals surface area contributed by atoms with Gasteiger partial charge in [-0.2, -0.15) is 0 Å². The summed E-state index contributed by atoms with van der Waals surface area (Å²) in [6, 6.07) is 17.4. The highest BCUT2D eigenvalue weighted by atomic mass is 31.2. The van der Waals surface area contributed by atoms with E-state index in [0.29, 0.717) is 36.9 Å². The number of unbranched alkanes of at least 4 members (excludes halogenated alkanes) is 1. The summed E-state index contributed by atoms with van der Waals surface area (Å²) in [7, 11) is -2.81. The van der Waals surface area contributed by atoms with E-state index in [9.17, 15) is 23.8 Å². The van der Waals surface area contributed by atoms with Crippen LogP contribution in [-0.2, 0) is 18.8 Å². The van der Waals surface area contributed by atoms with Gasteiger partial charge in [-0.05, 0) is 25.0 Å². The molecule has 14 nitrogen and oxygen atoms in total. The number of hydrogen-bond acceptors (Lipinski definition) is 10. The predicted octanol–water partition coefficient (Wildman–Crippen LogP) is 3.81. The van der Waals surface area contributed by atoms with Gasteiger partial charge in [-0.3, -0.25) is 9.59 Å². The molecule has 2 saturated heterocycles. The van der Waals surface area contributed by atoms with Gasteiger partial charge < -0.3 is 38.9 Å². The molecule has 3 heterocycles. The fourth-order valence-electron chi connectivity index (χ4n) is 5.61. The molecule has 3 unspecified atom stereocenters. The Kier molecular flexibility index (Phi) is 12.2. The van der Waals surface area contributed by atoms with Crippen molar-refractivity contribution >= 4 is 31.3 Å². The molecule has 15 heteroatoms. The monoisotopic (exact) mass is 694 g/mol. The van der Waals surface area contributed by atoms with Crippen molar-refractivity contribution in [2.45, 2.75) is 38.3 Å². The lowest BCUT2D eigenvalue weighted by Crippen LogP contribution is -2.57. The van der Waals surface area contributed by atoms with E-state index in [0.717, 1.165) is 19.3 Å². The van der Waals surface area contributed by atoms with Crippen molar-refractivity contribution in [1.29, 1.82) is 0 Å². The quantitative estimate of drug-likeness (QED) is 0.198. The van der Waals surface area contributed by atoms with Crippen molar-refractivity contribution in [3.05, 3.63) is 72.4 Å². The molecule has 2 aromatic carbocycles. The molecule has 3 aromatic rings. The maximum atomic E-state index is 14.0. The summed E-state index contributed by atoms with van der Waals surface area (Å²) in [6.07, 6.45) is 1.29. The molecule has 0 radical (unpaired) electrons. The van der Waals surface area contributed by atoms with E-state index in [1.807, 2.05) is 42.2 Å². The molecule has 2 fully saturated rings. The zero-order chi connectivity index (χ0) is 34.8. The number of hydrogen-bond donors (Lipinski definition) is 2. The topological polar surface area (TPSA) is 164 Å². The first-order valence-corrected chi connectivity index (χ1v) is 18.2. The van der Waals surface area contributed by atoms with Gasteiger partial charge in [-0.25, -0.2) is 19.3 Å². The average molecular weight is 695 g/mol. The summed E-state index contributed by atoms with van der Waals surface area (Å²) in [6.45, 7) is 4.27. The Hall–Kier alpha value is -4.52. The number of benzene rings is 2. The second-order valence-corrected chi connectivity index (χ2v) is 13.7. The number of piperazine rings is 1. The molecule has 2 aliphatic rings. The first-order chi connectivity index (χ1) is 23.7. The van der Waals surface area contributed by atoms with Crippen molar-refractivity contribution in [3.8, 4) is 17.1 Å². The van der Waals surface area contributed by atoms with Crippen molar-refractivity contribution in [2.24, 2.45) is 0 Å². The average Bonchev–Trinajstić information content (AvgIpc) is 3.61. The molecule has 49 heavy (non-hydrogen) atoms. The van der Waals surface area contributed by atoms with Crippen molar-refractivity contribution in [3.63, 3.8) is 0 Å². The predicted molar refractivity (Wildman–Crippen MR) is 183 cm³/mol. The number of methoxy groups -OCH3 is 1. The van der Waals surface area contributed by atoms with Crippen LogP contribution in [0.2, 0.25) is 0 Å². The van der Waals surface area contributed by atoms with Gasteiger partial charge in [0, 0.05) is 58.0 Å². The van der Waals surface area contributed by atoms with E-state index in [2.05, 4.69) is 10.3 Å². The third kappa shape index (κ3) is 9.78. The van der Waals surface area contributed by atoms with Crippen LogP contribution in [0.3, 0.4) is 0 Å². The molecule has 0 spiro atoms. The summed E-state index contributed by atoms with van der Waals surface area (Å²) in [5, 5.41) is 2.68. The number of nitrogens with one attached hydrogen (secondary N) is 1. The molecular weight excluding hydrogens is 651 g/mol. The zero-order valence-electron chi connectivity index (χ0n) is 27.8. The maximum Gasteiger partial charge on any atom is 0.409 e. The van der Waals surface area contributed by atoms with Crippen molar-refractivity contribution in [1.82, 2.24) is 25.1 Å². The highest BCUT2D eigenvalue weighted by Gasteiger charge is 2.37. The van der Waals surface area contributed by atoms with E-state index >= 15 is 0 Å². The lowest BCUT2D eigenvalue weighted by atomic mass is 10.2. The third-order valence-electron chi connectivity index (χ3n) is 8.36. The van der Waals surface area contributed by atoms with E-state index in [1.54, 1.807) is 31.4 Å². The van der Waals surface area contributed by atoms with Gasteiger partial charge in [0.2, 0.25) is 5.91 Å². The molecule has 3 amide bonds. The minimum absolute atomic E-state index is 0.0106. The number of rotatable bonds is 13. The Morgan fingerprint density at radius 1 is 0.980 bits per heavy atom. The van der Waals surface area contributed by atoms with Crippen LogP contribution in [0.15, 0.2) is 66.7 Å². The van der Waals surface area contributed by atoms with Gasteiger partial charge in [0.05, 0.1) is 18.9 Å². The molecule has 3 atom stereocenters. The largest absolute Gasteiger partial charge is 0.449 e. The number of aromatic nitrogens is 2. The fourth-order valence-corrected chi connectivity index (χ4v) is 6.85. The third-order valence-corrected chi connectivity index (χ3v) is 9.68. The van der Waals surface area contributed by atoms with E-state index in [1.165, 1.54) is 21.9 Å². The number of amides is 3. The van der Waals surface area contributed by atoms with Crippen LogP contribution in [-0.4, -0.2) is 114 Å². The maximum absolute atomic E-state index is 14.0. The first-order valence-electron chi connectivity index (χ1n) is 16.5. The molecule has 262 valence electrons. The Balaban J connectivity index is 1.38. The lowest BCUT2D eigenvalue weighted by Gasteiger charge is -2.36. The van der Waals surface area contributed by atoms with Crippen LogP contribution in [0, 0.1) is 0 Å². The van der Waals surface area contributed by atoms with Gasteiger partial charge in [-0.1, -0.05) is 61.9 Å². The summed E-state index contributed by atoms with van der Waals surface area (Å²) in [5.41, 5.74) is 0.676. The van der Waals surface area contributed by atoms with Gasteiger partial charge in [0.25, 0.3) is 5.91 Å². The number of para-hydroxylation sites is 1. The summed E-state index contributed by atoms with van der Waals surface area (Å²) >= 11 is 0. The van der Waals surface area contributed by atoms with Gasteiger partial charge in [0.15, 0.2) is 5.82 Å². The number of carbonyl (C=O) groups excluding carboxylic acids is 3. The molecule has 5 rings (SSSR count). The van der Waals surface area contributed by atoms with Crippen LogP contribution >= 0.6 is 7.60 Å². The molecule has 1 aromatic heterocycles. The van der Waals surface area contributed by atoms with E-state index < -0.39 is 37.7 Å². The smallest absolute Gasteiger partial charge is 0.409 e. The molecule has 0 saturated carbocycles. The molecule has 2 aliphatic heterocycles. The Bertz CT molecular complexity index is 1620. The summed E-state index contributed by atoms with van der Waals surface area (Å²) < 4.78 is 29.6. The molecule has 2 N–H and O–H groups in total. The molecular formula is C34H43N6O8P. The minimum atomic E-state index is -4.46. The SMILES string of the molecule is CCCCOC(=O)N1CCN(C(=O)C(CP(=O)(O)Oc2ccccc2)NC(=O)c2cc(N3CCC(OC)C3)nc(-c3ccccc3)n2)CC1. The van der Waals surface area contributed by atoms with Gasteiger partial charge in [0.1, 0.15) is 23.3 Å². The Morgan fingerprint density at radius 3 is 2.31 bits per heavy atom. The highest BCUT2D eigenvalue weighted by molar-refractivity contribution is 7.53. The van der Waals surface area contributed by atoms with Crippen LogP contribution in [0.5, 0.6) is 5.75 Å². The summed E-state index contributed by atoms with van der Waals surface area (Å²) in [5.74, 6) is -0.329. The van der Waals surface area contributed by atoms with Crippen LogP contribution in [0.1, 0.15) is 36.7 Å². The zero-order valence-corrected chi connectivity index (χ0v) is 28.7. The second kappa shape index (κ2) is 16.7. The van der Waals surface area contributed by atoms with Gasteiger partial charge in [-0.15, -0.1) is 0 Å². The number of ether oxygens (including phenoxy) is 2. The molecule has 0 bridgehead atoms. The fraction of sp³-hybridized carbons (Fsp3) is 0.441. The van der Waals surface area contributed by atoms with E-state index in [4.69, 9.17) is 19.0 Å². The second-order valence-electron chi connectivity index (χ2n) is 11.9. The number of carbonyl (C=O) groups is 3.